The first kappa shape index (κ1) is 17.5. The van der Waals surface area contributed by atoms with Crippen molar-refractivity contribution in [2.24, 2.45) is 0 Å². The Balaban J connectivity index is 1.58. The van der Waals surface area contributed by atoms with Crippen molar-refractivity contribution in [3.63, 3.8) is 0 Å². The molecule has 27 heavy (non-hydrogen) atoms. The van der Waals surface area contributed by atoms with Crippen molar-refractivity contribution < 1.29 is 4.42 Å². The van der Waals surface area contributed by atoms with Crippen LogP contribution in [0.1, 0.15) is 11.1 Å². The fourth-order valence-corrected chi connectivity index (χ4v) is 3.11. The van der Waals surface area contributed by atoms with Crippen molar-refractivity contribution in [3.8, 4) is 22.9 Å². The molecule has 0 bridgehead atoms. The van der Waals surface area contributed by atoms with Crippen molar-refractivity contribution in [2.75, 3.05) is 5.32 Å². The summed E-state index contributed by atoms with van der Waals surface area (Å²) >= 11 is 3.53. The van der Waals surface area contributed by atoms with Crippen LogP contribution >= 0.6 is 15.9 Å². The van der Waals surface area contributed by atoms with Crippen LogP contribution in [0.25, 0.3) is 22.9 Å². The molecule has 4 aromatic rings. The topological polar surface area (TPSA) is 51.0 Å². The van der Waals surface area contributed by atoms with Crippen LogP contribution in [-0.2, 0) is 6.54 Å². The van der Waals surface area contributed by atoms with E-state index in [0.29, 0.717) is 18.3 Å². The van der Waals surface area contributed by atoms with E-state index in [1.54, 1.807) is 0 Å². The first-order valence-corrected chi connectivity index (χ1v) is 9.47. The summed E-state index contributed by atoms with van der Waals surface area (Å²) in [7, 11) is 0. The zero-order valence-corrected chi connectivity index (χ0v) is 16.4. The van der Waals surface area contributed by atoms with Gasteiger partial charge in [0.15, 0.2) is 0 Å². The second-order valence-electron chi connectivity index (χ2n) is 6.25. The van der Waals surface area contributed by atoms with Crippen molar-refractivity contribution in [1.82, 2.24) is 10.2 Å². The highest BCUT2D eigenvalue weighted by Gasteiger charge is 2.13. The molecule has 0 unspecified atom stereocenters. The fourth-order valence-electron chi connectivity index (χ4n) is 2.86. The molecule has 134 valence electrons. The Bertz CT molecular complexity index is 1060. The summed E-state index contributed by atoms with van der Waals surface area (Å²) in [6.45, 7) is 2.74. The quantitative estimate of drug-likeness (QED) is 0.425. The lowest BCUT2D eigenvalue weighted by atomic mass is 10.1. The van der Waals surface area contributed by atoms with E-state index in [1.165, 1.54) is 5.56 Å². The number of hydrogen-bond acceptors (Lipinski definition) is 4. The Hall–Kier alpha value is -2.92. The summed E-state index contributed by atoms with van der Waals surface area (Å²) < 4.78 is 7.03. The number of nitrogens with one attached hydrogen (secondary N) is 1. The summed E-state index contributed by atoms with van der Waals surface area (Å²) in [6.07, 6.45) is 0. The van der Waals surface area contributed by atoms with Crippen LogP contribution in [-0.4, -0.2) is 10.2 Å². The Kier molecular flexibility index (Phi) is 5.03. The molecule has 0 fully saturated rings. The molecule has 1 N–H and O–H groups in total. The second-order valence-corrected chi connectivity index (χ2v) is 7.11. The van der Waals surface area contributed by atoms with Gasteiger partial charge in [0.1, 0.15) is 0 Å². The zero-order chi connectivity index (χ0) is 18.6. The third-order valence-corrected chi connectivity index (χ3v) is 5.22. The van der Waals surface area contributed by atoms with E-state index >= 15 is 0 Å². The maximum absolute atomic E-state index is 5.93. The number of aromatic nitrogens is 2. The lowest BCUT2D eigenvalue weighted by molar-refractivity contribution is 0.584. The Morgan fingerprint density at radius 3 is 2.44 bits per heavy atom. The highest BCUT2D eigenvalue weighted by molar-refractivity contribution is 9.10. The third-order valence-electron chi connectivity index (χ3n) is 4.33. The smallest absolute Gasteiger partial charge is 0.248 e. The number of rotatable bonds is 5. The molecule has 3 aromatic carbocycles. The van der Waals surface area contributed by atoms with Gasteiger partial charge in [-0.2, -0.15) is 0 Å². The molecule has 0 aliphatic heterocycles. The molecule has 0 saturated carbocycles. The van der Waals surface area contributed by atoms with E-state index in [2.05, 4.69) is 56.6 Å². The van der Waals surface area contributed by atoms with Gasteiger partial charge < -0.3 is 9.73 Å². The molecule has 1 aromatic heterocycles. The predicted octanol–water partition coefficient (Wildman–Crippen LogP) is 6.09. The van der Waals surface area contributed by atoms with Crippen LogP contribution < -0.4 is 5.32 Å². The number of anilines is 1. The molecule has 0 saturated heterocycles. The molecule has 0 spiro atoms. The normalized spacial score (nSPS) is 10.7. The van der Waals surface area contributed by atoms with Gasteiger partial charge in [-0.15, -0.1) is 10.2 Å². The molecule has 0 amide bonds. The molecule has 0 atom stereocenters. The van der Waals surface area contributed by atoms with E-state index in [1.807, 2.05) is 54.6 Å². The zero-order valence-electron chi connectivity index (χ0n) is 14.8. The van der Waals surface area contributed by atoms with Gasteiger partial charge in [0.05, 0.1) is 0 Å². The largest absolute Gasteiger partial charge is 0.416 e. The minimum Gasteiger partial charge on any atom is -0.416 e. The fraction of sp³-hybridized carbons (Fsp3) is 0.0909. The summed E-state index contributed by atoms with van der Waals surface area (Å²) in [5, 5.41) is 11.9. The van der Waals surface area contributed by atoms with E-state index < -0.39 is 0 Å². The monoisotopic (exact) mass is 419 g/mol. The Morgan fingerprint density at radius 1 is 0.889 bits per heavy atom. The first-order valence-electron chi connectivity index (χ1n) is 8.68. The van der Waals surface area contributed by atoms with Gasteiger partial charge in [0.25, 0.3) is 0 Å². The van der Waals surface area contributed by atoms with Gasteiger partial charge in [-0.25, -0.2) is 0 Å². The van der Waals surface area contributed by atoms with Crippen molar-refractivity contribution in [3.05, 3.63) is 88.4 Å². The van der Waals surface area contributed by atoms with Crippen LogP contribution in [0.4, 0.5) is 5.69 Å². The van der Waals surface area contributed by atoms with Crippen LogP contribution in [0.5, 0.6) is 0 Å². The van der Waals surface area contributed by atoms with Gasteiger partial charge in [-0.3, -0.25) is 0 Å². The lowest BCUT2D eigenvalue weighted by Gasteiger charge is -2.10. The Labute approximate surface area is 166 Å². The lowest BCUT2D eigenvalue weighted by Crippen LogP contribution is -2.01. The van der Waals surface area contributed by atoms with Crippen LogP contribution in [0.15, 0.2) is 81.7 Å². The summed E-state index contributed by atoms with van der Waals surface area (Å²) in [5.41, 5.74) is 5.21. The van der Waals surface area contributed by atoms with Gasteiger partial charge in [0.2, 0.25) is 11.8 Å². The molecule has 0 radical (unpaired) electrons. The number of halogens is 1. The third kappa shape index (κ3) is 3.93. The number of nitrogens with zero attached hydrogens (tertiary/aromatic N) is 2. The van der Waals surface area contributed by atoms with E-state index in [-0.39, 0.29) is 0 Å². The van der Waals surface area contributed by atoms with Gasteiger partial charge in [0, 0.05) is 27.8 Å². The Morgan fingerprint density at radius 2 is 1.63 bits per heavy atom. The van der Waals surface area contributed by atoms with Crippen molar-refractivity contribution >= 4 is 21.6 Å². The maximum Gasteiger partial charge on any atom is 0.248 e. The highest BCUT2D eigenvalue weighted by atomic mass is 79.9. The predicted molar refractivity (Wildman–Crippen MR) is 111 cm³/mol. The average Bonchev–Trinajstić information content (AvgIpc) is 3.20. The van der Waals surface area contributed by atoms with Gasteiger partial charge >= 0.3 is 0 Å². The van der Waals surface area contributed by atoms with E-state index in [4.69, 9.17) is 4.42 Å². The van der Waals surface area contributed by atoms with Crippen molar-refractivity contribution in [1.29, 1.82) is 0 Å². The number of aryl methyl sites for hydroxylation is 1. The number of hydrogen-bond donors (Lipinski definition) is 1. The second kappa shape index (κ2) is 7.76. The molecule has 5 heteroatoms. The van der Waals surface area contributed by atoms with E-state index in [9.17, 15) is 0 Å². The van der Waals surface area contributed by atoms with Crippen molar-refractivity contribution in [2.45, 2.75) is 13.5 Å². The van der Waals surface area contributed by atoms with E-state index in [0.717, 1.165) is 26.9 Å². The number of benzene rings is 3. The molecule has 4 nitrogen and oxygen atoms in total. The van der Waals surface area contributed by atoms with Crippen LogP contribution in [0.2, 0.25) is 0 Å². The standard InChI is InChI=1S/C22H18BrN3O/c1-15-13-18(11-12-20(15)23)24-14-17-9-5-6-10-19(17)22-26-25-21(27-22)16-7-3-2-4-8-16/h2-13,24H,14H2,1H3. The summed E-state index contributed by atoms with van der Waals surface area (Å²) in [6, 6.07) is 24.1. The molecular weight excluding hydrogens is 402 g/mol. The SMILES string of the molecule is Cc1cc(NCc2ccccc2-c2nnc(-c3ccccc3)o2)ccc1Br. The summed E-state index contributed by atoms with van der Waals surface area (Å²) in [4.78, 5) is 0. The minimum absolute atomic E-state index is 0.525. The molecule has 0 aliphatic carbocycles. The van der Waals surface area contributed by atoms with Gasteiger partial charge in [-0.1, -0.05) is 52.3 Å². The molecule has 0 aliphatic rings. The first-order chi connectivity index (χ1) is 13.2. The van der Waals surface area contributed by atoms with Crippen LogP contribution in [0.3, 0.4) is 0 Å². The highest BCUT2D eigenvalue weighted by Crippen LogP contribution is 2.27. The molecule has 1 heterocycles. The maximum atomic E-state index is 5.93. The molecule has 4 rings (SSSR count). The summed E-state index contributed by atoms with van der Waals surface area (Å²) in [5.74, 6) is 1.05. The average molecular weight is 420 g/mol. The minimum atomic E-state index is 0.525. The van der Waals surface area contributed by atoms with Gasteiger partial charge in [-0.05, 0) is 54.4 Å². The van der Waals surface area contributed by atoms with Crippen LogP contribution in [0, 0.1) is 6.92 Å². The molecular formula is C22H18BrN3O.